The monoisotopic (exact) mass is 349 g/mol. The van der Waals surface area contributed by atoms with E-state index in [2.05, 4.69) is 53.6 Å². The molecule has 0 unspecified atom stereocenters. The summed E-state index contributed by atoms with van der Waals surface area (Å²) in [6, 6.07) is 5.52. The van der Waals surface area contributed by atoms with Crippen LogP contribution in [-0.4, -0.2) is 21.6 Å². The summed E-state index contributed by atoms with van der Waals surface area (Å²) in [6.45, 7) is 11.5. The van der Waals surface area contributed by atoms with Crippen LogP contribution < -0.4 is 10.9 Å². The first-order valence-corrected chi connectivity index (χ1v) is 7.62. The Bertz CT molecular complexity index is 728. The van der Waals surface area contributed by atoms with Crippen molar-refractivity contribution in [1.29, 1.82) is 0 Å². The Morgan fingerprint density at radius 2 is 2.14 bits per heavy atom. The van der Waals surface area contributed by atoms with E-state index < -0.39 is 0 Å². The highest BCUT2D eigenvalue weighted by molar-refractivity contribution is 9.10. The quantitative estimate of drug-likeness (QED) is 0.862. The lowest BCUT2D eigenvalue weighted by Gasteiger charge is -2.21. The van der Waals surface area contributed by atoms with Crippen molar-refractivity contribution in [2.24, 2.45) is 0 Å². The molecule has 0 saturated heterocycles. The van der Waals surface area contributed by atoms with Crippen molar-refractivity contribution in [2.45, 2.75) is 32.9 Å². The van der Waals surface area contributed by atoms with Crippen molar-refractivity contribution in [1.82, 2.24) is 14.9 Å². The standard InChI is InChI=1S/C16H20BrN3O/c1-11(8-19-16(2,3)4)9-20-10-18-14-6-5-12(17)7-13(14)15(20)21/h5-7,10,19H,1,8-9H2,2-4H3. The van der Waals surface area contributed by atoms with Crippen LogP contribution >= 0.6 is 15.9 Å². The van der Waals surface area contributed by atoms with Crippen LogP contribution in [0, 0.1) is 0 Å². The van der Waals surface area contributed by atoms with Gasteiger partial charge in [0.25, 0.3) is 5.56 Å². The summed E-state index contributed by atoms with van der Waals surface area (Å²) in [5.41, 5.74) is 1.64. The molecule has 0 bridgehead atoms. The van der Waals surface area contributed by atoms with Gasteiger partial charge in [-0.15, -0.1) is 0 Å². The lowest BCUT2D eigenvalue weighted by atomic mass is 10.1. The number of hydrogen-bond donors (Lipinski definition) is 1. The smallest absolute Gasteiger partial charge is 0.261 e. The average Bonchev–Trinajstić information content (AvgIpc) is 2.39. The molecule has 0 aliphatic heterocycles. The molecule has 0 amide bonds. The zero-order chi connectivity index (χ0) is 15.6. The highest BCUT2D eigenvalue weighted by Crippen LogP contribution is 2.15. The molecule has 5 heteroatoms. The maximum atomic E-state index is 12.5. The van der Waals surface area contributed by atoms with Gasteiger partial charge >= 0.3 is 0 Å². The van der Waals surface area contributed by atoms with Crippen molar-refractivity contribution >= 4 is 26.8 Å². The minimum atomic E-state index is -0.0433. The van der Waals surface area contributed by atoms with Gasteiger partial charge in [0.1, 0.15) is 0 Å². The molecule has 0 spiro atoms. The predicted molar refractivity (Wildman–Crippen MR) is 90.6 cm³/mol. The molecule has 1 N–H and O–H groups in total. The van der Waals surface area contributed by atoms with Gasteiger partial charge in [-0.3, -0.25) is 9.36 Å². The molecule has 0 radical (unpaired) electrons. The number of rotatable bonds is 4. The van der Waals surface area contributed by atoms with Gasteiger partial charge in [-0.05, 0) is 44.5 Å². The molecule has 4 nitrogen and oxygen atoms in total. The van der Waals surface area contributed by atoms with E-state index in [9.17, 15) is 4.79 Å². The number of benzene rings is 1. The summed E-state index contributed by atoms with van der Waals surface area (Å²) in [5, 5.41) is 3.98. The van der Waals surface area contributed by atoms with Crippen LogP contribution in [0.3, 0.4) is 0 Å². The van der Waals surface area contributed by atoms with Gasteiger partial charge in [0.15, 0.2) is 0 Å². The Morgan fingerprint density at radius 1 is 1.43 bits per heavy atom. The van der Waals surface area contributed by atoms with Gasteiger partial charge in [0.05, 0.1) is 17.2 Å². The highest BCUT2D eigenvalue weighted by atomic mass is 79.9. The van der Waals surface area contributed by atoms with Gasteiger partial charge in [0.2, 0.25) is 0 Å². The van der Waals surface area contributed by atoms with Gasteiger partial charge in [-0.25, -0.2) is 4.98 Å². The molecular weight excluding hydrogens is 330 g/mol. The molecule has 21 heavy (non-hydrogen) atoms. The summed E-state index contributed by atoms with van der Waals surface area (Å²) in [5.74, 6) is 0. The Hall–Kier alpha value is -1.46. The predicted octanol–water partition coefficient (Wildman–Crippen LogP) is 3.10. The summed E-state index contributed by atoms with van der Waals surface area (Å²) in [6.07, 6.45) is 1.58. The normalized spacial score (nSPS) is 11.8. The van der Waals surface area contributed by atoms with Crippen molar-refractivity contribution in [2.75, 3.05) is 6.54 Å². The average molecular weight is 350 g/mol. The van der Waals surface area contributed by atoms with Crippen molar-refractivity contribution in [3.63, 3.8) is 0 Å². The molecule has 1 aromatic heterocycles. The van der Waals surface area contributed by atoms with E-state index in [1.165, 1.54) is 0 Å². The third-order valence-corrected chi connectivity index (χ3v) is 3.54. The minimum absolute atomic E-state index is 0.0282. The fourth-order valence-corrected chi connectivity index (χ4v) is 2.29. The van der Waals surface area contributed by atoms with E-state index >= 15 is 0 Å². The van der Waals surface area contributed by atoms with Gasteiger partial charge in [-0.1, -0.05) is 22.5 Å². The molecule has 1 heterocycles. The van der Waals surface area contributed by atoms with Gasteiger partial charge in [0, 0.05) is 23.1 Å². The fraction of sp³-hybridized carbons (Fsp3) is 0.375. The SMILES string of the molecule is C=C(CNC(C)(C)C)Cn1cnc2ccc(Br)cc2c1=O. The molecule has 0 aliphatic carbocycles. The lowest BCUT2D eigenvalue weighted by molar-refractivity contribution is 0.440. The fourth-order valence-electron chi connectivity index (χ4n) is 1.93. The molecule has 1 aromatic carbocycles. The highest BCUT2D eigenvalue weighted by Gasteiger charge is 2.10. The van der Waals surface area contributed by atoms with E-state index in [0.29, 0.717) is 24.0 Å². The summed E-state index contributed by atoms with van der Waals surface area (Å²) in [4.78, 5) is 16.8. The van der Waals surface area contributed by atoms with E-state index in [-0.39, 0.29) is 11.1 Å². The Morgan fingerprint density at radius 3 is 2.81 bits per heavy atom. The zero-order valence-electron chi connectivity index (χ0n) is 12.6. The second-order valence-electron chi connectivity index (χ2n) is 6.19. The second-order valence-corrected chi connectivity index (χ2v) is 7.11. The number of aromatic nitrogens is 2. The second kappa shape index (κ2) is 6.12. The van der Waals surface area contributed by atoms with Gasteiger partial charge in [-0.2, -0.15) is 0 Å². The van der Waals surface area contributed by atoms with Gasteiger partial charge < -0.3 is 5.32 Å². The van der Waals surface area contributed by atoms with E-state index in [1.807, 2.05) is 12.1 Å². The van der Waals surface area contributed by atoms with Crippen LogP contribution in [0.1, 0.15) is 20.8 Å². The topological polar surface area (TPSA) is 46.9 Å². The van der Waals surface area contributed by atoms with Crippen molar-refractivity contribution in [3.8, 4) is 0 Å². The Balaban J connectivity index is 2.21. The Labute approximate surface area is 133 Å². The molecule has 0 fully saturated rings. The maximum Gasteiger partial charge on any atom is 0.261 e. The third kappa shape index (κ3) is 4.25. The number of nitrogens with one attached hydrogen (secondary N) is 1. The first-order chi connectivity index (χ1) is 9.76. The molecule has 2 aromatic rings. The largest absolute Gasteiger partial charge is 0.308 e. The number of fused-ring (bicyclic) bond motifs is 1. The maximum absolute atomic E-state index is 12.5. The number of hydrogen-bond acceptors (Lipinski definition) is 3. The van der Waals surface area contributed by atoms with Crippen LogP contribution in [0.4, 0.5) is 0 Å². The minimum Gasteiger partial charge on any atom is -0.308 e. The van der Waals surface area contributed by atoms with Crippen molar-refractivity contribution in [3.05, 3.63) is 51.5 Å². The van der Waals surface area contributed by atoms with E-state index in [0.717, 1.165) is 10.0 Å². The summed E-state index contributed by atoms with van der Waals surface area (Å²) in [7, 11) is 0. The van der Waals surface area contributed by atoms with Crippen LogP contribution in [0.5, 0.6) is 0 Å². The van der Waals surface area contributed by atoms with Crippen LogP contribution in [0.25, 0.3) is 10.9 Å². The summed E-state index contributed by atoms with van der Waals surface area (Å²) < 4.78 is 2.47. The Kier molecular flexibility index (Phi) is 4.64. The van der Waals surface area contributed by atoms with Crippen molar-refractivity contribution < 1.29 is 0 Å². The van der Waals surface area contributed by atoms with Crippen LogP contribution in [-0.2, 0) is 6.54 Å². The molecule has 2 rings (SSSR count). The molecule has 0 saturated carbocycles. The van der Waals surface area contributed by atoms with E-state index in [4.69, 9.17) is 0 Å². The molecule has 0 aliphatic rings. The molecule has 0 atom stereocenters. The number of nitrogens with zero attached hydrogens (tertiary/aromatic N) is 2. The first-order valence-electron chi connectivity index (χ1n) is 6.83. The first kappa shape index (κ1) is 15.9. The third-order valence-electron chi connectivity index (χ3n) is 3.05. The number of halogens is 1. The zero-order valence-corrected chi connectivity index (χ0v) is 14.2. The van der Waals surface area contributed by atoms with Crippen LogP contribution in [0.15, 0.2) is 45.9 Å². The molecule has 112 valence electrons. The lowest BCUT2D eigenvalue weighted by Crippen LogP contribution is -2.37. The van der Waals surface area contributed by atoms with E-state index in [1.54, 1.807) is 17.0 Å². The van der Waals surface area contributed by atoms with Crippen LogP contribution in [0.2, 0.25) is 0 Å². The summed E-state index contributed by atoms with van der Waals surface area (Å²) >= 11 is 3.39. The molecular formula is C16H20BrN3O.